The molecule has 0 amide bonds. The normalized spacial score (nSPS) is 13.6. The SMILES string of the molecule is Cc1ccc(S(=O)(=O)N(C)CC(O)CON=C2c3ccccc3-c3ccccc32)cc1. The quantitative estimate of drug-likeness (QED) is 0.450. The zero-order valence-corrected chi connectivity index (χ0v) is 18.2. The zero-order valence-electron chi connectivity index (χ0n) is 17.4. The number of aliphatic hydroxyl groups is 1. The van der Waals surface area contributed by atoms with Crippen LogP contribution < -0.4 is 0 Å². The summed E-state index contributed by atoms with van der Waals surface area (Å²) >= 11 is 0. The van der Waals surface area contributed by atoms with Crippen molar-refractivity contribution >= 4 is 15.7 Å². The molecule has 0 heterocycles. The van der Waals surface area contributed by atoms with Crippen molar-refractivity contribution in [3.05, 3.63) is 89.5 Å². The molecule has 1 aliphatic carbocycles. The molecule has 0 aliphatic heterocycles. The Morgan fingerprint density at radius 2 is 1.42 bits per heavy atom. The number of benzene rings is 3. The molecule has 0 saturated carbocycles. The maximum atomic E-state index is 12.7. The molecular formula is C24H24N2O4S. The van der Waals surface area contributed by atoms with Gasteiger partial charge in [0.15, 0.2) is 0 Å². The number of rotatable bonds is 7. The second kappa shape index (κ2) is 8.63. The average Bonchev–Trinajstić information content (AvgIpc) is 3.08. The van der Waals surface area contributed by atoms with Gasteiger partial charge in [0.1, 0.15) is 18.4 Å². The molecule has 0 bridgehead atoms. The van der Waals surface area contributed by atoms with Crippen molar-refractivity contribution in [3.63, 3.8) is 0 Å². The van der Waals surface area contributed by atoms with Crippen molar-refractivity contribution in [1.29, 1.82) is 0 Å². The Morgan fingerprint density at radius 3 is 1.97 bits per heavy atom. The Labute approximate surface area is 182 Å². The zero-order chi connectivity index (χ0) is 22.0. The van der Waals surface area contributed by atoms with Crippen LogP contribution in [-0.2, 0) is 14.9 Å². The number of aryl methyl sites for hydroxylation is 1. The highest BCUT2D eigenvalue weighted by molar-refractivity contribution is 7.89. The van der Waals surface area contributed by atoms with Crippen molar-refractivity contribution in [2.75, 3.05) is 20.2 Å². The van der Waals surface area contributed by atoms with Crippen molar-refractivity contribution in [2.45, 2.75) is 17.9 Å². The van der Waals surface area contributed by atoms with Gasteiger partial charge in [0.2, 0.25) is 10.0 Å². The number of sulfonamides is 1. The Balaban J connectivity index is 1.43. The third kappa shape index (κ3) is 4.25. The highest BCUT2D eigenvalue weighted by Gasteiger charge is 2.26. The van der Waals surface area contributed by atoms with Crippen LogP contribution in [-0.4, -0.2) is 49.8 Å². The molecule has 1 atom stereocenters. The summed E-state index contributed by atoms with van der Waals surface area (Å²) < 4.78 is 26.5. The van der Waals surface area contributed by atoms with Crippen molar-refractivity contribution in [2.24, 2.45) is 5.16 Å². The molecule has 4 rings (SSSR count). The summed E-state index contributed by atoms with van der Waals surface area (Å²) in [6, 6.07) is 22.5. The first-order chi connectivity index (χ1) is 14.9. The molecule has 0 spiro atoms. The maximum Gasteiger partial charge on any atom is 0.242 e. The number of aliphatic hydroxyl groups excluding tert-OH is 1. The lowest BCUT2D eigenvalue weighted by atomic mass is 10.1. The third-order valence-electron chi connectivity index (χ3n) is 5.27. The molecule has 7 heteroatoms. The first-order valence-corrected chi connectivity index (χ1v) is 11.4. The molecule has 1 N–H and O–H groups in total. The Morgan fingerprint density at radius 1 is 0.903 bits per heavy atom. The van der Waals surface area contributed by atoms with Gasteiger partial charge < -0.3 is 9.94 Å². The molecule has 0 aromatic heterocycles. The van der Waals surface area contributed by atoms with Crippen LogP contribution in [0.2, 0.25) is 0 Å². The monoisotopic (exact) mass is 436 g/mol. The fraction of sp³-hybridized carbons (Fsp3) is 0.208. The van der Waals surface area contributed by atoms with E-state index in [9.17, 15) is 13.5 Å². The van der Waals surface area contributed by atoms with Crippen LogP contribution in [0.1, 0.15) is 16.7 Å². The molecule has 31 heavy (non-hydrogen) atoms. The van der Waals surface area contributed by atoms with Crippen molar-refractivity contribution in [1.82, 2.24) is 4.31 Å². The van der Waals surface area contributed by atoms with E-state index >= 15 is 0 Å². The number of hydrogen-bond donors (Lipinski definition) is 1. The van der Waals surface area contributed by atoms with Crippen LogP contribution in [0.25, 0.3) is 11.1 Å². The van der Waals surface area contributed by atoms with E-state index in [0.29, 0.717) is 5.71 Å². The van der Waals surface area contributed by atoms with E-state index in [0.717, 1.165) is 32.1 Å². The molecule has 0 fully saturated rings. The van der Waals surface area contributed by atoms with Crippen LogP contribution in [0.4, 0.5) is 0 Å². The van der Waals surface area contributed by atoms with Crippen molar-refractivity contribution in [3.8, 4) is 11.1 Å². The number of hydrogen-bond acceptors (Lipinski definition) is 5. The summed E-state index contributed by atoms with van der Waals surface area (Å²) in [5, 5.41) is 14.6. The van der Waals surface area contributed by atoms with Gasteiger partial charge in [-0.1, -0.05) is 71.4 Å². The van der Waals surface area contributed by atoms with Crippen LogP contribution in [0.5, 0.6) is 0 Å². The fourth-order valence-corrected chi connectivity index (χ4v) is 4.83. The molecule has 1 aliphatic rings. The summed E-state index contributed by atoms with van der Waals surface area (Å²) in [6.07, 6.45) is -1.03. The first-order valence-electron chi connectivity index (χ1n) is 9.98. The van der Waals surface area contributed by atoms with Gasteiger partial charge in [-0.15, -0.1) is 0 Å². The minimum absolute atomic E-state index is 0.103. The molecule has 6 nitrogen and oxygen atoms in total. The molecule has 160 valence electrons. The average molecular weight is 437 g/mol. The van der Waals surface area contributed by atoms with Gasteiger partial charge in [-0.2, -0.15) is 4.31 Å². The highest BCUT2D eigenvalue weighted by atomic mass is 32.2. The van der Waals surface area contributed by atoms with Gasteiger partial charge in [-0.25, -0.2) is 8.42 Å². The standard InChI is InChI=1S/C24H24N2O4S/c1-17-11-13-19(14-12-17)31(28,29)26(2)15-18(27)16-30-25-24-22-9-5-3-7-20(22)21-8-4-6-10-23(21)24/h3-14,18,27H,15-16H2,1-2H3. The lowest BCUT2D eigenvalue weighted by molar-refractivity contribution is 0.0331. The maximum absolute atomic E-state index is 12.7. The number of likely N-dealkylation sites (N-methyl/N-ethyl adjacent to an activating group) is 1. The van der Waals surface area contributed by atoms with E-state index in [-0.39, 0.29) is 18.0 Å². The molecule has 0 radical (unpaired) electrons. The van der Waals surface area contributed by atoms with Gasteiger partial charge in [0.25, 0.3) is 0 Å². The van der Waals surface area contributed by atoms with Crippen LogP contribution in [0, 0.1) is 6.92 Å². The van der Waals surface area contributed by atoms with Crippen LogP contribution in [0.3, 0.4) is 0 Å². The molecule has 3 aromatic rings. The van der Waals surface area contributed by atoms with Crippen LogP contribution >= 0.6 is 0 Å². The summed E-state index contributed by atoms with van der Waals surface area (Å²) in [5.74, 6) is 0. The second-order valence-corrected chi connectivity index (χ2v) is 9.62. The van der Waals surface area contributed by atoms with Crippen molar-refractivity contribution < 1.29 is 18.4 Å². The smallest absolute Gasteiger partial charge is 0.242 e. The summed E-state index contributed by atoms with van der Waals surface area (Å²) in [7, 11) is -2.25. The summed E-state index contributed by atoms with van der Waals surface area (Å²) in [6.45, 7) is 1.67. The topological polar surface area (TPSA) is 79.2 Å². The second-order valence-electron chi connectivity index (χ2n) is 7.58. The van der Waals surface area contributed by atoms with Gasteiger partial charge >= 0.3 is 0 Å². The predicted molar refractivity (Wildman–Crippen MR) is 120 cm³/mol. The van der Waals surface area contributed by atoms with E-state index in [4.69, 9.17) is 4.84 Å². The molecule has 0 saturated heterocycles. The summed E-state index contributed by atoms with van der Waals surface area (Å²) in [5.41, 5.74) is 5.80. The minimum Gasteiger partial charge on any atom is -0.392 e. The lowest BCUT2D eigenvalue weighted by Gasteiger charge is -2.20. The number of nitrogens with zero attached hydrogens (tertiary/aromatic N) is 2. The number of oxime groups is 1. The van der Waals surface area contributed by atoms with Gasteiger partial charge in [0.05, 0.1) is 4.90 Å². The van der Waals surface area contributed by atoms with E-state index in [1.165, 1.54) is 7.05 Å². The predicted octanol–water partition coefficient (Wildman–Crippen LogP) is 3.43. The largest absolute Gasteiger partial charge is 0.392 e. The fourth-order valence-electron chi connectivity index (χ4n) is 3.62. The Kier molecular flexibility index (Phi) is 5.91. The summed E-state index contributed by atoms with van der Waals surface area (Å²) in [4.78, 5) is 5.63. The van der Waals surface area contributed by atoms with Gasteiger partial charge in [0, 0.05) is 24.7 Å². The van der Waals surface area contributed by atoms with Crippen LogP contribution in [0.15, 0.2) is 82.8 Å². The molecule has 3 aromatic carbocycles. The van der Waals surface area contributed by atoms with Gasteiger partial charge in [-0.05, 0) is 30.2 Å². The first kappa shape index (κ1) is 21.2. The van der Waals surface area contributed by atoms with E-state index in [2.05, 4.69) is 5.16 Å². The number of fused-ring (bicyclic) bond motifs is 3. The molecule has 1 unspecified atom stereocenters. The third-order valence-corrected chi connectivity index (χ3v) is 7.11. The van der Waals surface area contributed by atoms with E-state index < -0.39 is 16.1 Å². The van der Waals surface area contributed by atoms with E-state index in [1.807, 2.05) is 55.5 Å². The Hall–Kier alpha value is -3.00. The lowest BCUT2D eigenvalue weighted by Crippen LogP contribution is -2.36. The highest BCUT2D eigenvalue weighted by Crippen LogP contribution is 2.36. The Bertz CT molecular complexity index is 1170. The van der Waals surface area contributed by atoms with Gasteiger partial charge in [-0.3, -0.25) is 0 Å². The van der Waals surface area contributed by atoms with E-state index in [1.54, 1.807) is 24.3 Å². The minimum atomic E-state index is -3.69. The molecular weight excluding hydrogens is 412 g/mol.